The van der Waals surface area contributed by atoms with E-state index in [0.29, 0.717) is 5.25 Å². The second-order valence-electron chi connectivity index (χ2n) is 4.96. The van der Waals surface area contributed by atoms with Crippen molar-refractivity contribution in [1.82, 2.24) is 0 Å². The Kier molecular flexibility index (Phi) is 2.66. The molecule has 0 amide bonds. The van der Waals surface area contributed by atoms with E-state index in [4.69, 9.17) is 4.74 Å². The second kappa shape index (κ2) is 4.05. The summed E-state index contributed by atoms with van der Waals surface area (Å²) in [7, 11) is 0. The van der Waals surface area contributed by atoms with Crippen LogP contribution in [0.4, 0.5) is 0 Å². The molecule has 2 fully saturated rings. The first-order valence-corrected chi connectivity index (χ1v) is 6.98. The summed E-state index contributed by atoms with van der Waals surface area (Å²) in [5.41, 5.74) is 2.62. The summed E-state index contributed by atoms with van der Waals surface area (Å²) in [4.78, 5) is 12.8. The minimum absolute atomic E-state index is 0.0104. The van der Waals surface area contributed by atoms with Crippen LogP contribution in [0.25, 0.3) is 0 Å². The van der Waals surface area contributed by atoms with Crippen molar-refractivity contribution in [3.05, 3.63) is 29.3 Å². The van der Waals surface area contributed by atoms with Gasteiger partial charge in [0.05, 0.1) is 0 Å². The maximum absolute atomic E-state index is 11.4. The maximum atomic E-state index is 11.4. The Morgan fingerprint density at radius 3 is 2.59 bits per heavy atom. The Balaban J connectivity index is 1.81. The average molecular weight is 248 g/mol. The van der Waals surface area contributed by atoms with Gasteiger partial charge in [-0.1, -0.05) is 18.2 Å². The largest absolute Gasteiger partial charge is 0.461 e. The molecule has 0 aromatic heterocycles. The van der Waals surface area contributed by atoms with Crippen molar-refractivity contribution in [2.75, 3.05) is 0 Å². The van der Waals surface area contributed by atoms with E-state index in [-0.39, 0.29) is 18.0 Å². The zero-order valence-corrected chi connectivity index (χ0v) is 10.9. The third-order valence-electron chi connectivity index (χ3n) is 3.75. The highest BCUT2D eigenvalue weighted by Crippen LogP contribution is 2.47. The van der Waals surface area contributed by atoms with E-state index in [1.54, 1.807) is 0 Å². The van der Waals surface area contributed by atoms with E-state index in [9.17, 15) is 4.79 Å². The van der Waals surface area contributed by atoms with Gasteiger partial charge in [0.2, 0.25) is 0 Å². The summed E-state index contributed by atoms with van der Waals surface area (Å²) in [5, 5.41) is 0.418. The summed E-state index contributed by atoms with van der Waals surface area (Å²) >= 11 is 1.87. The zero-order chi connectivity index (χ0) is 12.0. The van der Waals surface area contributed by atoms with Crippen molar-refractivity contribution >= 4 is 17.7 Å². The quantitative estimate of drug-likeness (QED) is 0.752. The van der Waals surface area contributed by atoms with Gasteiger partial charge in [0, 0.05) is 10.1 Å². The van der Waals surface area contributed by atoms with Crippen molar-refractivity contribution in [2.45, 2.75) is 42.9 Å². The number of fused-ring (bicyclic) bond motifs is 1. The summed E-state index contributed by atoms with van der Waals surface area (Å²) in [6.45, 7) is 4.28. The summed E-state index contributed by atoms with van der Waals surface area (Å²) < 4.78 is 5.14. The molecule has 2 aliphatic rings. The molecule has 0 bridgehead atoms. The Morgan fingerprint density at radius 2 is 1.94 bits per heavy atom. The molecule has 17 heavy (non-hydrogen) atoms. The third-order valence-corrected chi connectivity index (χ3v) is 5.47. The van der Waals surface area contributed by atoms with Crippen LogP contribution in [0.1, 0.15) is 24.0 Å². The van der Waals surface area contributed by atoms with Crippen molar-refractivity contribution in [3.63, 3.8) is 0 Å². The number of carbonyl (C=O) groups excluding carboxylic acids is 1. The molecule has 1 aliphatic carbocycles. The highest BCUT2D eigenvalue weighted by atomic mass is 32.2. The topological polar surface area (TPSA) is 26.3 Å². The molecule has 1 saturated carbocycles. The van der Waals surface area contributed by atoms with E-state index >= 15 is 0 Å². The fourth-order valence-corrected chi connectivity index (χ4v) is 4.28. The molecule has 1 aromatic carbocycles. The van der Waals surface area contributed by atoms with Crippen molar-refractivity contribution in [2.24, 2.45) is 5.92 Å². The Bertz CT molecular complexity index is 449. The number of thioether (sulfide) groups is 1. The SMILES string of the molecule is Cc1cccc(C)c1S[C@H]1CC[C@@H]2OC(=O)[C@@H]21. The molecule has 1 saturated heterocycles. The molecule has 3 heteroatoms. The number of aryl methyl sites for hydroxylation is 2. The lowest BCUT2D eigenvalue weighted by Gasteiger charge is -2.32. The number of benzene rings is 1. The lowest BCUT2D eigenvalue weighted by atomic mass is 10.0. The number of ether oxygens (including phenoxy) is 1. The second-order valence-corrected chi connectivity index (χ2v) is 6.21. The normalized spacial score (nSPS) is 30.7. The fourth-order valence-electron chi connectivity index (χ4n) is 2.79. The molecule has 0 N–H and O–H groups in total. The first kappa shape index (κ1) is 11.1. The standard InChI is InChI=1S/C14H16O2S/c1-8-4-3-5-9(2)13(8)17-11-7-6-10-12(11)14(15)16-10/h3-5,10-12H,6-7H2,1-2H3/t10-,11-,12-/m0/s1. The lowest BCUT2D eigenvalue weighted by Crippen LogP contribution is -2.44. The van der Waals surface area contributed by atoms with Crippen molar-refractivity contribution < 1.29 is 9.53 Å². The average Bonchev–Trinajstić information content (AvgIpc) is 2.60. The maximum Gasteiger partial charge on any atom is 0.314 e. The molecular weight excluding hydrogens is 232 g/mol. The molecule has 1 aromatic rings. The van der Waals surface area contributed by atoms with E-state index in [0.717, 1.165) is 12.8 Å². The highest BCUT2D eigenvalue weighted by molar-refractivity contribution is 8.00. The van der Waals surface area contributed by atoms with Gasteiger partial charge in [-0.2, -0.15) is 0 Å². The number of hydrogen-bond donors (Lipinski definition) is 0. The Labute approximate surface area is 106 Å². The molecule has 3 atom stereocenters. The summed E-state index contributed by atoms with van der Waals surface area (Å²) in [6.07, 6.45) is 2.35. The number of hydrogen-bond acceptors (Lipinski definition) is 3. The minimum Gasteiger partial charge on any atom is -0.461 e. The van der Waals surface area contributed by atoms with Crippen LogP contribution in [0.2, 0.25) is 0 Å². The monoisotopic (exact) mass is 248 g/mol. The van der Waals surface area contributed by atoms with Crippen LogP contribution >= 0.6 is 11.8 Å². The highest BCUT2D eigenvalue weighted by Gasteiger charge is 2.52. The lowest BCUT2D eigenvalue weighted by molar-refractivity contribution is -0.179. The molecule has 1 heterocycles. The van der Waals surface area contributed by atoms with Gasteiger partial charge in [-0.3, -0.25) is 4.79 Å². The van der Waals surface area contributed by atoms with Crippen molar-refractivity contribution in [1.29, 1.82) is 0 Å². The smallest absolute Gasteiger partial charge is 0.314 e. The predicted molar refractivity (Wildman–Crippen MR) is 68.2 cm³/mol. The van der Waals surface area contributed by atoms with Gasteiger partial charge in [0.15, 0.2) is 0 Å². The summed E-state index contributed by atoms with van der Waals surface area (Å²) in [5.74, 6) is 0.162. The van der Waals surface area contributed by atoms with Gasteiger partial charge in [-0.15, -0.1) is 11.8 Å². The van der Waals surface area contributed by atoms with Gasteiger partial charge in [0.1, 0.15) is 12.0 Å². The van der Waals surface area contributed by atoms with Gasteiger partial charge >= 0.3 is 5.97 Å². The van der Waals surface area contributed by atoms with Crippen LogP contribution < -0.4 is 0 Å². The molecular formula is C14H16O2S. The van der Waals surface area contributed by atoms with E-state index < -0.39 is 0 Å². The van der Waals surface area contributed by atoms with Crippen LogP contribution in [-0.4, -0.2) is 17.3 Å². The van der Waals surface area contributed by atoms with Gasteiger partial charge < -0.3 is 4.74 Å². The number of rotatable bonds is 2. The third kappa shape index (κ3) is 1.77. The summed E-state index contributed by atoms with van der Waals surface area (Å²) in [6, 6.07) is 6.37. The van der Waals surface area contributed by atoms with Crippen molar-refractivity contribution in [3.8, 4) is 0 Å². The van der Waals surface area contributed by atoms with Gasteiger partial charge in [-0.05, 0) is 37.8 Å². The molecule has 1 aliphatic heterocycles. The van der Waals surface area contributed by atoms with E-state index in [1.807, 2.05) is 11.8 Å². The van der Waals surface area contributed by atoms with E-state index in [2.05, 4.69) is 32.0 Å². The number of esters is 1. The molecule has 0 spiro atoms. The first-order valence-electron chi connectivity index (χ1n) is 6.10. The zero-order valence-electron chi connectivity index (χ0n) is 10.1. The van der Waals surface area contributed by atoms with Crippen LogP contribution in [0.3, 0.4) is 0 Å². The van der Waals surface area contributed by atoms with Crippen LogP contribution in [0.15, 0.2) is 23.1 Å². The minimum atomic E-state index is 0.0104. The first-order chi connectivity index (χ1) is 8.16. The molecule has 2 nitrogen and oxygen atoms in total. The Hall–Kier alpha value is -0.960. The van der Waals surface area contributed by atoms with Crippen LogP contribution in [0, 0.1) is 19.8 Å². The van der Waals surface area contributed by atoms with Gasteiger partial charge in [-0.25, -0.2) is 0 Å². The number of carbonyl (C=O) groups is 1. The molecule has 0 unspecified atom stereocenters. The fraction of sp³-hybridized carbons (Fsp3) is 0.500. The molecule has 90 valence electrons. The molecule has 0 radical (unpaired) electrons. The predicted octanol–water partition coefficient (Wildman–Crippen LogP) is 3.10. The van der Waals surface area contributed by atoms with Crippen LogP contribution in [0.5, 0.6) is 0 Å². The van der Waals surface area contributed by atoms with E-state index in [1.165, 1.54) is 16.0 Å². The van der Waals surface area contributed by atoms with Crippen LogP contribution in [-0.2, 0) is 9.53 Å². The Morgan fingerprint density at radius 1 is 1.24 bits per heavy atom. The van der Waals surface area contributed by atoms with Gasteiger partial charge in [0.25, 0.3) is 0 Å². The molecule has 3 rings (SSSR count).